The predicted octanol–water partition coefficient (Wildman–Crippen LogP) is -38.0. The van der Waals surface area contributed by atoms with Gasteiger partial charge in [0.05, 0.1) is 65.1 Å². The van der Waals surface area contributed by atoms with Gasteiger partial charge < -0.3 is 219 Å². The third kappa shape index (κ3) is 34.3. The van der Waals surface area contributed by atoms with Gasteiger partial charge in [-0.3, -0.25) is 25.1 Å². The van der Waals surface area contributed by atoms with Crippen molar-refractivity contribution in [3.63, 3.8) is 0 Å². The van der Waals surface area contributed by atoms with Crippen molar-refractivity contribution < 1.29 is 472 Å². The van der Waals surface area contributed by atoms with E-state index in [1.165, 1.54) is 0 Å². The molecule has 10 saturated heterocycles. The first-order valence-electron chi connectivity index (χ1n) is 37.2. The van der Waals surface area contributed by atoms with E-state index in [4.69, 9.17) is 99.5 Å². The molecule has 10 heterocycles. The number of hydrogen-bond acceptors (Lipinski definition) is 63. The number of ether oxygens (including phenoxy) is 21. The van der Waals surface area contributed by atoms with E-state index in [9.17, 15) is 170 Å². The predicted molar refractivity (Wildman–Crippen MR) is 364 cm³/mol. The van der Waals surface area contributed by atoms with Gasteiger partial charge in [-0.1, -0.05) is 0 Å². The van der Waals surface area contributed by atoms with Crippen molar-refractivity contribution >= 4 is 62.4 Å². The van der Waals surface area contributed by atoms with Gasteiger partial charge in [-0.15, -0.1) is 0 Å². The molecule has 744 valence electrons. The Hall–Kier alpha value is 3.66. The van der Waals surface area contributed by atoms with Crippen molar-refractivity contribution in [3.05, 3.63) is 0 Å². The Balaban J connectivity index is 0.00000617. The Morgan fingerprint density at radius 3 is 0.737 bits per heavy atom. The second-order valence-corrected chi connectivity index (χ2v) is 35.8. The second kappa shape index (κ2) is 54.4. The Morgan fingerprint density at radius 1 is 0.241 bits per heavy atom. The molecule has 0 saturated carbocycles. The van der Waals surface area contributed by atoms with Crippen molar-refractivity contribution in [1.82, 2.24) is 0 Å². The molecular weight excluding hydrogens is 2030 g/mol. The molecule has 10 aliphatic rings. The first-order valence-corrected chi connectivity index (χ1v) is 45.2. The molecule has 0 aromatic carbocycles. The van der Waals surface area contributed by atoms with E-state index in [1.807, 2.05) is 0 Å². The molecule has 0 aliphatic carbocycles. The van der Waals surface area contributed by atoms with Crippen LogP contribution in [0.5, 0.6) is 0 Å². The van der Waals surface area contributed by atoms with Gasteiger partial charge in [0.25, 0.3) is 0 Å². The van der Waals surface area contributed by atoms with E-state index in [0.717, 1.165) is 28.1 Å². The molecule has 0 aromatic heterocycles. The first-order chi connectivity index (χ1) is 58.9. The summed E-state index contributed by atoms with van der Waals surface area (Å²) in [5.41, 5.74) is 0. The van der Waals surface area contributed by atoms with Crippen molar-refractivity contribution in [2.24, 2.45) is 0 Å². The van der Waals surface area contributed by atoms with Crippen LogP contribution >= 0.6 is 0 Å². The van der Waals surface area contributed by atoms with Crippen LogP contribution in [-0.4, -0.2) is 519 Å². The van der Waals surface area contributed by atoms with Gasteiger partial charge in [-0.2, -0.15) is 0 Å². The topological polar surface area (TPSA) is 957 Å². The molecule has 0 radical (unpaired) electrons. The van der Waals surface area contributed by atoms with Crippen molar-refractivity contribution in [2.75, 3.05) is 67.1 Å². The Labute approximate surface area is 887 Å². The molecule has 10 fully saturated rings. The molecule has 10 aliphatic heterocycles. The fourth-order valence-electron chi connectivity index (χ4n) is 14.6. The van der Waals surface area contributed by atoms with E-state index in [1.54, 1.807) is 0 Å². The van der Waals surface area contributed by atoms with Gasteiger partial charge in [0, 0.05) is 14.2 Å². The zero-order chi connectivity index (χ0) is 94.3. The van der Waals surface area contributed by atoms with Gasteiger partial charge in [-0.25, -0.2) is 50.5 Å². The molecule has 0 bridgehead atoms. The second-order valence-electron chi connectivity index (χ2n) is 29.6. The summed E-state index contributed by atoms with van der Waals surface area (Å²) >= 11 is 0. The van der Waals surface area contributed by atoms with Gasteiger partial charge >= 0.3 is 177 Å². The summed E-state index contributed by atoms with van der Waals surface area (Å²) in [5, 5.41) is 206. The minimum atomic E-state index is -5.99. The number of methoxy groups -OCH3 is 2. The molecule has 0 amide bonds. The Morgan fingerprint density at radius 2 is 0.474 bits per heavy atom. The van der Waals surface area contributed by atoms with Crippen molar-refractivity contribution in [1.29, 1.82) is 0 Å². The van der Waals surface area contributed by atoms with E-state index < -0.39 is 398 Å². The average molecular weight is 2130 g/mol. The number of rotatable bonds is 36. The Kier molecular flexibility index (Phi) is 52.7. The van der Waals surface area contributed by atoms with E-state index >= 15 is 0 Å². The van der Waals surface area contributed by atoms with Gasteiger partial charge in [0.15, 0.2) is 62.9 Å². The van der Waals surface area contributed by atoms with Gasteiger partial charge in [0.2, 0.25) is 62.4 Å². The van der Waals surface area contributed by atoms with Gasteiger partial charge in [-0.05, 0) is 13.8 Å². The third-order valence-electron chi connectivity index (χ3n) is 20.9. The fourth-order valence-corrected chi connectivity index (χ4v) is 16.8. The standard InChI is InChI=1S/C58H98O63S6.6Na/c1-13-39(111-53-37(75)43(27(65)19(109-53)11-103-124(83,84)85)113-51-35(73)41(95-3)25(63)17(107-51)9-101-122(77,78)79)33(71)47(115-49-31(69)23(61)15(59)5-97-49)57(105-13)117-45-29(67)21(120-126(89,90)91)7-99-55(45)119-56-46(30(68)22(8-100-56)121-127(92,93)94)118-58-48(116-50-32(70)24(62)16(60)6-98-50)34(72)40(14(2)106-58)112-54-38(76)44(28(66)20(110-54)12-104-125(86,87)88)114-52-36(74)42(96-4)26(64)18(108-52)10-102-123(80,81)82;;;;;;/h13-76H,5-12H2,1-4H3,(H,77,78,79)(H,80,81,82)(H,83,84,85)(H,86,87,88)(H,89,90,91)(H,92,93,94);;;;;;/q;6*+1/p-6/t13?,14?,15-,16+,17?,18?,19?,20?,21-,22+,23?,24?,25-,26+,27-,28+,29?,30?,31?,32?,33?,34?,35?,36?,37?,38?,39-,40+,41?,42?,43?,44?,45?,46?,47?,48?,49+,50-,51+,52-,53+,54-,55+,56-,57+,58-;;;;;;. The first kappa shape index (κ1) is 129. The maximum absolute atomic E-state index is 12.6. The summed E-state index contributed by atoms with van der Waals surface area (Å²) < 4.78 is 359. The molecular formula is C58H92Na6O63S6. The van der Waals surface area contributed by atoms with Crippen LogP contribution in [0.3, 0.4) is 0 Å². The summed E-state index contributed by atoms with van der Waals surface area (Å²) in [4.78, 5) is 0. The van der Waals surface area contributed by atoms with Crippen LogP contribution in [0.15, 0.2) is 0 Å². The SMILES string of the molecule is COC1C(O)[C@H](OC2C(O)[C@H](O[C@@H]3C(C)O[C@@H](OC4C(O)[C@H](OS(=O)(=O)[O-])CO[C@H]4O[C@H]4OC[C@H](OS(=O)(=O)[O-])C(O)C4O[C@H]4OC(C)[C@H](O[C@H]5OC(COS(=O)(=O)[O-])[C@H](O)C(O[C@H]6OC(COS(=O)(=O)[O-])[C@H](O)C(OC)C6O)C5O)C(O)C4O[C@H]4OC[C@H](O)C(O)C4O)C(O[C@@H]4OC[C@@H](O)C(O)C4O)C3O)OC(COS(=O)(=O)[O-])[C@H]2O)OC(COS(=O)(=O)[O-])[C@H]1O.[Na+].[Na+].[Na+].[Na+].[Na+].[Na+]. The summed E-state index contributed by atoms with van der Waals surface area (Å²) in [6.07, 6.45) is -108. The fraction of sp³-hybridized carbons (Fsp3) is 1.00. The van der Waals surface area contributed by atoms with E-state index in [0.29, 0.717) is 0 Å². The molecule has 26 unspecified atom stereocenters. The molecule has 46 atom stereocenters. The quantitative estimate of drug-likeness (QED) is 0.0157. The Bertz CT molecular complexity index is 4000. The minimum Gasteiger partial charge on any atom is -0.726 e. The van der Waals surface area contributed by atoms with E-state index in [-0.39, 0.29) is 177 Å². The zero-order valence-corrected chi connectivity index (χ0v) is 88.0. The summed E-state index contributed by atoms with van der Waals surface area (Å²) in [7, 11) is -32.8. The molecule has 133 heavy (non-hydrogen) atoms. The van der Waals surface area contributed by atoms with Crippen LogP contribution in [0, 0.1) is 0 Å². The van der Waals surface area contributed by atoms with Crippen molar-refractivity contribution in [2.45, 2.75) is 296 Å². The van der Waals surface area contributed by atoms with Crippen LogP contribution in [0.25, 0.3) is 0 Å². The van der Waals surface area contributed by atoms with Crippen LogP contribution in [0.1, 0.15) is 13.8 Å². The van der Waals surface area contributed by atoms with Crippen LogP contribution in [-0.2, 0) is 187 Å². The number of aliphatic hydroxyl groups is 18. The molecule has 0 spiro atoms. The summed E-state index contributed by atoms with van der Waals surface area (Å²) in [5.74, 6) is 0. The zero-order valence-electron chi connectivity index (χ0n) is 71.1. The van der Waals surface area contributed by atoms with Gasteiger partial charge in [0.1, 0.15) is 208 Å². The van der Waals surface area contributed by atoms with Crippen LogP contribution in [0.2, 0.25) is 0 Å². The molecule has 18 N–H and O–H groups in total. The summed E-state index contributed by atoms with van der Waals surface area (Å²) in [6, 6.07) is 0. The number of hydrogen-bond donors (Lipinski definition) is 18. The maximum atomic E-state index is 12.6. The molecule has 10 rings (SSSR count). The van der Waals surface area contributed by atoms with E-state index in [2.05, 4.69) is 25.1 Å². The molecule has 0 aromatic rings. The summed E-state index contributed by atoms with van der Waals surface area (Å²) in [6.45, 7) is -8.30. The van der Waals surface area contributed by atoms with Crippen LogP contribution < -0.4 is 177 Å². The molecule has 75 heteroatoms. The van der Waals surface area contributed by atoms with Crippen molar-refractivity contribution in [3.8, 4) is 0 Å². The minimum absolute atomic E-state index is 0. The largest absolute Gasteiger partial charge is 1.00 e. The smallest absolute Gasteiger partial charge is 0.726 e. The maximum Gasteiger partial charge on any atom is 1.00 e. The number of aliphatic hydroxyl groups excluding tert-OH is 18. The average Bonchev–Trinajstić information content (AvgIpc) is 0.770. The third-order valence-corrected chi connectivity index (χ3v) is 23.6. The van der Waals surface area contributed by atoms with Crippen LogP contribution in [0.4, 0.5) is 0 Å². The molecule has 63 nitrogen and oxygen atoms in total. The monoisotopic (exact) mass is 2130 g/mol. The normalized spacial score (nSPS) is 44.8.